The van der Waals surface area contributed by atoms with Crippen molar-refractivity contribution < 1.29 is 9.53 Å². The van der Waals surface area contributed by atoms with Gasteiger partial charge in [-0.15, -0.1) is 0 Å². The van der Waals surface area contributed by atoms with E-state index in [9.17, 15) is 4.79 Å². The molecule has 0 bridgehead atoms. The summed E-state index contributed by atoms with van der Waals surface area (Å²) in [5.41, 5.74) is 1.62. The summed E-state index contributed by atoms with van der Waals surface area (Å²) in [4.78, 5) is 12.7. The Morgan fingerprint density at radius 3 is 2.41 bits per heavy atom. The first-order chi connectivity index (χ1) is 13.0. The van der Waals surface area contributed by atoms with E-state index in [1.54, 1.807) is 6.07 Å². The van der Waals surface area contributed by atoms with Gasteiger partial charge in [0.05, 0.1) is 18.2 Å². The van der Waals surface area contributed by atoms with Crippen molar-refractivity contribution in [2.24, 2.45) is 5.92 Å². The summed E-state index contributed by atoms with van der Waals surface area (Å²) in [6.07, 6.45) is 1.79. The molecule has 0 saturated carbocycles. The third kappa shape index (κ3) is 6.68. The highest BCUT2D eigenvalue weighted by Gasteiger charge is 2.16. The SMILES string of the molecule is CCC(NC(=S)NC(=O)c1ccccc1OCCC(C)C)c1ccccc1. The van der Waals surface area contributed by atoms with E-state index in [-0.39, 0.29) is 11.9 Å². The van der Waals surface area contributed by atoms with E-state index in [4.69, 9.17) is 17.0 Å². The molecule has 0 aliphatic carbocycles. The molecule has 27 heavy (non-hydrogen) atoms. The Morgan fingerprint density at radius 2 is 1.74 bits per heavy atom. The second kappa shape index (κ2) is 10.7. The third-order valence-corrected chi connectivity index (χ3v) is 4.45. The quantitative estimate of drug-likeness (QED) is 0.638. The van der Waals surface area contributed by atoms with Crippen molar-refractivity contribution in [3.63, 3.8) is 0 Å². The van der Waals surface area contributed by atoms with Crippen LogP contribution in [0.15, 0.2) is 54.6 Å². The number of thiocarbonyl (C=S) groups is 1. The molecule has 0 heterocycles. The molecule has 0 saturated heterocycles. The van der Waals surface area contributed by atoms with E-state index in [0.29, 0.717) is 29.0 Å². The van der Waals surface area contributed by atoms with Crippen LogP contribution in [0.1, 0.15) is 55.6 Å². The smallest absolute Gasteiger partial charge is 0.261 e. The summed E-state index contributed by atoms with van der Waals surface area (Å²) >= 11 is 5.35. The minimum atomic E-state index is -0.268. The zero-order chi connectivity index (χ0) is 19.6. The average Bonchev–Trinajstić information content (AvgIpc) is 2.66. The number of para-hydroxylation sites is 1. The van der Waals surface area contributed by atoms with Crippen LogP contribution < -0.4 is 15.4 Å². The van der Waals surface area contributed by atoms with Crippen LogP contribution in [0.5, 0.6) is 5.75 Å². The first-order valence-corrected chi connectivity index (χ1v) is 9.80. The van der Waals surface area contributed by atoms with Crippen molar-refractivity contribution in [1.29, 1.82) is 0 Å². The van der Waals surface area contributed by atoms with Crippen LogP contribution in [0.25, 0.3) is 0 Å². The van der Waals surface area contributed by atoms with Crippen LogP contribution in [0.2, 0.25) is 0 Å². The van der Waals surface area contributed by atoms with Gasteiger partial charge in [-0.3, -0.25) is 10.1 Å². The maximum Gasteiger partial charge on any atom is 0.261 e. The molecule has 1 amide bonds. The van der Waals surface area contributed by atoms with Gasteiger partial charge in [-0.25, -0.2) is 0 Å². The molecule has 144 valence electrons. The maximum absolute atomic E-state index is 12.7. The van der Waals surface area contributed by atoms with Crippen molar-refractivity contribution in [2.75, 3.05) is 6.61 Å². The van der Waals surface area contributed by atoms with Crippen molar-refractivity contribution >= 4 is 23.2 Å². The van der Waals surface area contributed by atoms with Gasteiger partial charge in [-0.2, -0.15) is 0 Å². The minimum absolute atomic E-state index is 0.0523. The first-order valence-electron chi connectivity index (χ1n) is 9.39. The Bertz CT molecular complexity index is 747. The molecule has 0 aliphatic heterocycles. The van der Waals surface area contributed by atoms with Gasteiger partial charge in [0.1, 0.15) is 5.75 Å². The minimum Gasteiger partial charge on any atom is -0.493 e. The predicted octanol–water partition coefficient (Wildman–Crippen LogP) is 4.87. The average molecular weight is 385 g/mol. The van der Waals surface area contributed by atoms with E-state index < -0.39 is 0 Å². The number of hydrogen-bond donors (Lipinski definition) is 2. The summed E-state index contributed by atoms with van der Waals surface area (Å²) in [6, 6.07) is 17.3. The lowest BCUT2D eigenvalue weighted by Crippen LogP contribution is -2.41. The molecule has 0 spiro atoms. The standard InChI is InChI=1S/C22H28N2O2S/c1-4-19(17-10-6-5-7-11-17)23-22(27)24-21(25)18-12-8-9-13-20(18)26-15-14-16(2)3/h5-13,16,19H,4,14-15H2,1-3H3,(H2,23,24,25,27). The highest BCUT2D eigenvalue weighted by Crippen LogP contribution is 2.19. The third-order valence-electron chi connectivity index (χ3n) is 4.23. The molecule has 2 N–H and O–H groups in total. The molecule has 4 nitrogen and oxygen atoms in total. The lowest BCUT2D eigenvalue weighted by molar-refractivity contribution is 0.0972. The van der Waals surface area contributed by atoms with Crippen LogP contribution in [0, 0.1) is 5.92 Å². The fourth-order valence-corrected chi connectivity index (χ4v) is 2.89. The van der Waals surface area contributed by atoms with Gasteiger partial charge in [0.15, 0.2) is 5.11 Å². The molecule has 1 unspecified atom stereocenters. The Balaban J connectivity index is 1.99. The molecule has 2 rings (SSSR count). The fourth-order valence-electron chi connectivity index (χ4n) is 2.66. The molecule has 0 aromatic heterocycles. The Hall–Kier alpha value is -2.40. The van der Waals surface area contributed by atoms with E-state index in [0.717, 1.165) is 18.4 Å². The zero-order valence-electron chi connectivity index (χ0n) is 16.2. The van der Waals surface area contributed by atoms with Gasteiger partial charge in [0.25, 0.3) is 5.91 Å². The highest BCUT2D eigenvalue weighted by atomic mass is 32.1. The summed E-state index contributed by atoms with van der Waals surface area (Å²) < 4.78 is 5.80. The van der Waals surface area contributed by atoms with Crippen LogP contribution >= 0.6 is 12.2 Å². The second-order valence-corrected chi connectivity index (χ2v) is 7.23. The lowest BCUT2D eigenvalue weighted by Gasteiger charge is -2.20. The van der Waals surface area contributed by atoms with Gasteiger partial charge in [0.2, 0.25) is 0 Å². The molecule has 0 aliphatic rings. The van der Waals surface area contributed by atoms with Crippen LogP contribution in [0.3, 0.4) is 0 Å². The Morgan fingerprint density at radius 1 is 1.07 bits per heavy atom. The van der Waals surface area contributed by atoms with Gasteiger partial charge >= 0.3 is 0 Å². The second-order valence-electron chi connectivity index (χ2n) is 6.83. The lowest BCUT2D eigenvalue weighted by atomic mass is 10.1. The molecule has 2 aromatic rings. The molecule has 1 atom stereocenters. The summed E-state index contributed by atoms with van der Waals surface area (Å²) in [7, 11) is 0. The van der Waals surface area contributed by atoms with Crippen molar-refractivity contribution in [1.82, 2.24) is 10.6 Å². The van der Waals surface area contributed by atoms with Crippen molar-refractivity contribution in [3.05, 3.63) is 65.7 Å². The normalized spacial score (nSPS) is 11.7. The number of rotatable bonds is 8. The van der Waals surface area contributed by atoms with Crippen LogP contribution in [-0.2, 0) is 0 Å². The maximum atomic E-state index is 12.7. The van der Waals surface area contributed by atoms with Crippen molar-refractivity contribution in [2.45, 2.75) is 39.7 Å². The van der Waals surface area contributed by atoms with Gasteiger partial charge < -0.3 is 10.1 Å². The topological polar surface area (TPSA) is 50.4 Å². The van der Waals surface area contributed by atoms with Gasteiger partial charge in [-0.05, 0) is 48.7 Å². The van der Waals surface area contributed by atoms with Crippen LogP contribution in [-0.4, -0.2) is 17.6 Å². The number of carbonyl (C=O) groups is 1. The van der Waals surface area contributed by atoms with Gasteiger partial charge in [0, 0.05) is 0 Å². The summed E-state index contributed by atoms with van der Waals surface area (Å²) in [5.74, 6) is 0.857. The monoisotopic (exact) mass is 384 g/mol. The molecule has 2 aromatic carbocycles. The zero-order valence-corrected chi connectivity index (χ0v) is 17.0. The predicted molar refractivity (Wildman–Crippen MR) is 114 cm³/mol. The first kappa shape index (κ1) is 20.9. The van der Waals surface area contributed by atoms with E-state index in [2.05, 4.69) is 31.4 Å². The number of nitrogens with one attached hydrogen (secondary N) is 2. The Labute approximate surface area is 167 Å². The van der Waals surface area contributed by atoms with E-state index in [1.165, 1.54) is 0 Å². The van der Waals surface area contributed by atoms with E-state index in [1.807, 2.05) is 48.5 Å². The van der Waals surface area contributed by atoms with Gasteiger partial charge in [-0.1, -0.05) is 63.2 Å². The summed E-state index contributed by atoms with van der Waals surface area (Å²) in [5, 5.41) is 6.30. The largest absolute Gasteiger partial charge is 0.493 e. The van der Waals surface area contributed by atoms with E-state index >= 15 is 0 Å². The number of ether oxygens (including phenoxy) is 1. The van der Waals surface area contributed by atoms with Crippen molar-refractivity contribution in [3.8, 4) is 5.75 Å². The molecular weight excluding hydrogens is 356 g/mol. The number of benzene rings is 2. The molecular formula is C22H28N2O2S. The number of hydrogen-bond acceptors (Lipinski definition) is 3. The fraction of sp³-hybridized carbons (Fsp3) is 0.364. The molecule has 5 heteroatoms. The highest BCUT2D eigenvalue weighted by molar-refractivity contribution is 7.80. The number of carbonyl (C=O) groups excluding carboxylic acids is 1. The number of amides is 1. The molecule has 0 fully saturated rings. The van der Waals surface area contributed by atoms with Crippen LogP contribution in [0.4, 0.5) is 0 Å². The Kier molecular flexibility index (Phi) is 8.27. The summed E-state index contributed by atoms with van der Waals surface area (Å²) in [6.45, 7) is 6.94. The molecule has 0 radical (unpaired) electrons.